The number of benzene rings is 1. The predicted molar refractivity (Wildman–Crippen MR) is 87.0 cm³/mol. The Kier molecular flexibility index (Phi) is 5.60. The maximum atomic E-state index is 10.2. The van der Waals surface area contributed by atoms with Crippen molar-refractivity contribution in [3.05, 3.63) is 29.8 Å². The smallest absolute Gasteiger partial charge is 0.214 e. The number of nitrogens with zero attached hydrogens (tertiary/aromatic N) is 4. The van der Waals surface area contributed by atoms with E-state index in [9.17, 15) is 5.11 Å². The minimum absolute atomic E-state index is 0.378. The fourth-order valence-corrected chi connectivity index (χ4v) is 3.36. The van der Waals surface area contributed by atoms with Crippen LogP contribution < -0.4 is 4.90 Å². The second-order valence-electron chi connectivity index (χ2n) is 5.74. The highest BCUT2D eigenvalue weighted by atomic mass is 32.2. The highest BCUT2D eigenvalue weighted by Crippen LogP contribution is 2.19. The molecule has 1 aromatic heterocycles. The number of ether oxygens (including phenoxy) is 1. The van der Waals surface area contributed by atoms with Gasteiger partial charge >= 0.3 is 0 Å². The van der Waals surface area contributed by atoms with Crippen LogP contribution in [0.4, 0.5) is 0 Å². The van der Waals surface area contributed by atoms with Gasteiger partial charge < -0.3 is 14.7 Å². The number of tetrazole rings is 1. The lowest BCUT2D eigenvalue weighted by Gasteiger charge is -2.25. The first-order valence-corrected chi connectivity index (χ1v) is 8.78. The third-order valence-electron chi connectivity index (χ3n) is 3.85. The Morgan fingerprint density at radius 1 is 1.30 bits per heavy atom. The van der Waals surface area contributed by atoms with Crippen molar-refractivity contribution in [3.63, 3.8) is 0 Å². The number of aromatic nitrogens is 4. The van der Waals surface area contributed by atoms with Gasteiger partial charge in [0, 0.05) is 5.75 Å². The number of aryl methyl sites for hydroxylation is 1. The fraction of sp³-hybridized carbons (Fsp3) is 0.533. The molecule has 2 aromatic rings. The van der Waals surface area contributed by atoms with Crippen LogP contribution in [0.25, 0.3) is 5.69 Å². The molecule has 0 amide bonds. The van der Waals surface area contributed by atoms with E-state index in [1.54, 1.807) is 4.68 Å². The van der Waals surface area contributed by atoms with E-state index < -0.39 is 0 Å². The number of hydrogen-bond acceptors (Lipinski definition) is 6. The van der Waals surface area contributed by atoms with Gasteiger partial charge in [0.2, 0.25) is 5.16 Å². The number of rotatable bonds is 6. The molecule has 1 fully saturated rings. The summed E-state index contributed by atoms with van der Waals surface area (Å²) in [6.45, 7) is 6.26. The van der Waals surface area contributed by atoms with Gasteiger partial charge in [0.1, 0.15) is 25.7 Å². The average Bonchev–Trinajstić information content (AvgIpc) is 3.03. The zero-order valence-corrected chi connectivity index (χ0v) is 14.0. The number of hydrogen-bond donors (Lipinski definition) is 2. The van der Waals surface area contributed by atoms with Crippen molar-refractivity contribution in [2.24, 2.45) is 0 Å². The van der Waals surface area contributed by atoms with Crippen LogP contribution >= 0.6 is 11.8 Å². The molecule has 0 aliphatic carbocycles. The predicted octanol–water partition coefficient (Wildman–Crippen LogP) is -0.661. The zero-order chi connectivity index (χ0) is 16.1. The molecule has 7 nitrogen and oxygen atoms in total. The zero-order valence-electron chi connectivity index (χ0n) is 13.2. The fourth-order valence-electron chi connectivity index (χ4n) is 2.54. The van der Waals surface area contributed by atoms with Gasteiger partial charge in [-0.15, -0.1) is 5.10 Å². The molecule has 0 saturated carbocycles. The van der Waals surface area contributed by atoms with Crippen LogP contribution in [0.15, 0.2) is 29.4 Å². The normalized spacial score (nSPS) is 17.3. The lowest BCUT2D eigenvalue weighted by molar-refractivity contribution is -0.910. The van der Waals surface area contributed by atoms with Crippen molar-refractivity contribution in [3.8, 4) is 5.69 Å². The quantitative estimate of drug-likeness (QED) is 0.682. The number of nitrogens with one attached hydrogen (secondary N) is 1. The first-order chi connectivity index (χ1) is 11.2. The number of thioether (sulfide) groups is 1. The van der Waals surface area contributed by atoms with Gasteiger partial charge in [0.05, 0.1) is 18.9 Å². The van der Waals surface area contributed by atoms with E-state index in [0.29, 0.717) is 10.9 Å². The molecule has 1 atom stereocenters. The monoisotopic (exact) mass is 336 g/mol. The Hall–Kier alpha value is -1.48. The molecule has 0 spiro atoms. The molecule has 8 heteroatoms. The number of aliphatic hydroxyl groups excluding tert-OH is 1. The van der Waals surface area contributed by atoms with Crippen LogP contribution in [-0.4, -0.2) is 70.0 Å². The maximum absolute atomic E-state index is 10.2. The lowest BCUT2D eigenvalue weighted by Crippen LogP contribution is -3.15. The molecule has 1 saturated heterocycles. The number of morpholine rings is 1. The van der Waals surface area contributed by atoms with Crippen LogP contribution in [0.1, 0.15) is 5.56 Å². The standard InChI is InChI=1S/C15H21N5O2S/c1-12-2-4-13(5-3-12)20-15(16-17-18-20)23-11-14(21)10-19-6-8-22-9-7-19/h2-5,14,21H,6-11H2,1H3/p+1/t14-/m1/s1. The topological polar surface area (TPSA) is 77.5 Å². The summed E-state index contributed by atoms with van der Waals surface area (Å²) in [5.74, 6) is 0.580. The molecule has 1 aromatic carbocycles. The van der Waals surface area contributed by atoms with Crippen molar-refractivity contribution >= 4 is 11.8 Å². The molecular weight excluding hydrogens is 314 g/mol. The van der Waals surface area contributed by atoms with E-state index >= 15 is 0 Å². The second-order valence-corrected chi connectivity index (χ2v) is 6.73. The second kappa shape index (κ2) is 7.87. The Bertz CT molecular complexity index is 613. The number of aliphatic hydroxyl groups is 1. The maximum Gasteiger partial charge on any atom is 0.214 e. The van der Waals surface area contributed by atoms with Gasteiger partial charge in [-0.3, -0.25) is 0 Å². The Balaban J connectivity index is 1.56. The number of quaternary nitrogens is 1. The van der Waals surface area contributed by atoms with Crippen LogP contribution in [0.2, 0.25) is 0 Å². The van der Waals surface area contributed by atoms with Crippen molar-refractivity contribution < 1.29 is 14.7 Å². The third-order valence-corrected chi connectivity index (χ3v) is 4.91. The molecule has 124 valence electrons. The minimum atomic E-state index is -0.378. The van der Waals surface area contributed by atoms with Crippen LogP contribution in [-0.2, 0) is 4.74 Å². The molecule has 2 heterocycles. The summed E-state index contributed by atoms with van der Waals surface area (Å²) in [4.78, 5) is 1.39. The lowest BCUT2D eigenvalue weighted by atomic mass is 10.2. The summed E-state index contributed by atoms with van der Waals surface area (Å²) in [6.07, 6.45) is -0.378. The molecule has 2 N–H and O–H groups in total. The highest BCUT2D eigenvalue weighted by molar-refractivity contribution is 7.99. The first-order valence-electron chi connectivity index (χ1n) is 7.80. The van der Waals surface area contributed by atoms with Gasteiger partial charge in [-0.1, -0.05) is 29.5 Å². The summed E-state index contributed by atoms with van der Waals surface area (Å²) < 4.78 is 7.04. The molecule has 0 unspecified atom stereocenters. The molecule has 0 radical (unpaired) electrons. The molecule has 23 heavy (non-hydrogen) atoms. The van der Waals surface area contributed by atoms with E-state index in [2.05, 4.69) is 15.5 Å². The van der Waals surface area contributed by atoms with Crippen molar-refractivity contribution in [2.45, 2.75) is 18.2 Å². The van der Waals surface area contributed by atoms with Crippen molar-refractivity contribution in [2.75, 3.05) is 38.6 Å². The van der Waals surface area contributed by atoms with E-state index in [4.69, 9.17) is 4.74 Å². The molecular formula is C15H22N5O2S+. The summed E-state index contributed by atoms with van der Waals surface area (Å²) in [5, 5.41) is 22.8. The van der Waals surface area contributed by atoms with Gasteiger partial charge in [-0.2, -0.15) is 4.68 Å². The Labute approximate surface area is 139 Å². The van der Waals surface area contributed by atoms with Crippen LogP contribution in [0.3, 0.4) is 0 Å². The van der Waals surface area contributed by atoms with Gasteiger partial charge in [-0.25, -0.2) is 0 Å². The van der Waals surface area contributed by atoms with Gasteiger partial charge in [0.15, 0.2) is 0 Å². The van der Waals surface area contributed by atoms with Gasteiger partial charge in [0.25, 0.3) is 0 Å². The molecule has 1 aliphatic heterocycles. The summed E-state index contributed by atoms with van der Waals surface area (Å²) in [7, 11) is 0. The Morgan fingerprint density at radius 3 is 2.78 bits per heavy atom. The average molecular weight is 336 g/mol. The van der Waals surface area contributed by atoms with E-state index in [1.165, 1.54) is 22.2 Å². The van der Waals surface area contributed by atoms with Crippen molar-refractivity contribution in [1.29, 1.82) is 0 Å². The van der Waals surface area contributed by atoms with E-state index in [1.807, 2.05) is 31.2 Å². The van der Waals surface area contributed by atoms with Crippen LogP contribution in [0.5, 0.6) is 0 Å². The minimum Gasteiger partial charge on any atom is -0.386 e. The first kappa shape index (κ1) is 16.4. The van der Waals surface area contributed by atoms with E-state index in [0.717, 1.165) is 38.5 Å². The molecule has 3 rings (SSSR count). The SMILES string of the molecule is Cc1ccc(-n2nnnc2SC[C@H](O)C[NH+]2CCOCC2)cc1. The largest absolute Gasteiger partial charge is 0.386 e. The summed E-state index contributed by atoms with van der Waals surface area (Å²) in [5.41, 5.74) is 2.12. The molecule has 1 aliphatic rings. The molecule has 0 bridgehead atoms. The van der Waals surface area contributed by atoms with Crippen molar-refractivity contribution in [1.82, 2.24) is 20.2 Å². The highest BCUT2D eigenvalue weighted by Gasteiger charge is 2.19. The van der Waals surface area contributed by atoms with Gasteiger partial charge in [-0.05, 0) is 29.5 Å². The summed E-state index contributed by atoms with van der Waals surface area (Å²) >= 11 is 1.48. The summed E-state index contributed by atoms with van der Waals surface area (Å²) in [6, 6.07) is 8.04. The third kappa shape index (κ3) is 4.51. The Morgan fingerprint density at radius 2 is 2.04 bits per heavy atom. The van der Waals surface area contributed by atoms with Crippen LogP contribution in [0, 0.1) is 6.92 Å². The van der Waals surface area contributed by atoms with E-state index in [-0.39, 0.29) is 6.10 Å².